The van der Waals surface area contributed by atoms with Gasteiger partial charge in [0.15, 0.2) is 11.6 Å². The molecule has 0 unspecified atom stereocenters. The monoisotopic (exact) mass is 380 g/mol. The van der Waals surface area contributed by atoms with Crippen molar-refractivity contribution in [3.8, 4) is 0 Å². The summed E-state index contributed by atoms with van der Waals surface area (Å²) in [7, 11) is 0. The highest BCUT2D eigenvalue weighted by molar-refractivity contribution is 5.92. The van der Waals surface area contributed by atoms with E-state index >= 15 is 0 Å². The van der Waals surface area contributed by atoms with Gasteiger partial charge in [-0.2, -0.15) is 0 Å². The summed E-state index contributed by atoms with van der Waals surface area (Å²) in [4.78, 5) is 29.7. The van der Waals surface area contributed by atoms with Crippen molar-refractivity contribution in [3.05, 3.63) is 33.9 Å². The van der Waals surface area contributed by atoms with Crippen LogP contribution in [-0.4, -0.2) is 46.4 Å². The van der Waals surface area contributed by atoms with Gasteiger partial charge in [-0.05, 0) is 33.4 Å². The van der Waals surface area contributed by atoms with Crippen molar-refractivity contribution in [1.82, 2.24) is 9.55 Å². The van der Waals surface area contributed by atoms with Gasteiger partial charge in [0, 0.05) is 24.2 Å². The highest BCUT2D eigenvalue weighted by Crippen LogP contribution is 2.29. The second-order valence-corrected chi connectivity index (χ2v) is 7.80. The summed E-state index contributed by atoms with van der Waals surface area (Å²) >= 11 is 0. The second-order valence-electron chi connectivity index (χ2n) is 7.80. The molecule has 2 atom stereocenters. The number of nitrogens with two attached hydrogens (primary N) is 1. The molecule has 1 aliphatic rings. The lowest BCUT2D eigenvalue weighted by atomic mass is 10.1. The standard InChI is InChI=1S/C18H22F2N4O3/c1-18(2,3)24-7-11(17(26)27)14(25)10-4-12(19)16(22-15(10)24)23-6-9(5-21)13(20)8-23/h4,7,9,13H,5-6,8,21H2,1-3H3,(H,26,27)/t9-,13+/m1/s1. The summed E-state index contributed by atoms with van der Waals surface area (Å²) in [6.07, 6.45) is 0.0258. The number of hydrogen-bond acceptors (Lipinski definition) is 5. The lowest BCUT2D eigenvalue weighted by Gasteiger charge is -2.26. The van der Waals surface area contributed by atoms with Crippen LogP contribution >= 0.6 is 0 Å². The Kier molecular flexibility index (Phi) is 4.67. The molecule has 27 heavy (non-hydrogen) atoms. The van der Waals surface area contributed by atoms with Gasteiger partial charge in [-0.15, -0.1) is 0 Å². The van der Waals surface area contributed by atoms with Crippen molar-refractivity contribution in [2.24, 2.45) is 11.7 Å². The zero-order chi connectivity index (χ0) is 20.1. The molecule has 146 valence electrons. The minimum Gasteiger partial charge on any atom is -0.477 e. The number of hydrogen-bond donors (Lipinski definition) is 2. The van der Waals surface area contributed by atoms with E-state index in [1.54, 1.807) is 0 Å². The van der Waals surface area contributed by atoms with Crippen molar-refractivity contribution >= 4 is 22.8 Å². The van der Waals surface area contributed by atoms with Crippen LogP contribution in [0.15, 0.2) is 17.1 Å². The largest absolute Gasteiger partial charge is 0.477 e. The topological polar surface area (TPSA) is 101 Å². The quantitative estimate of drug-likeness (QED) is 0.841. The molecule has 0 aliphatic carbocycles. The highest BCUT2D eigenvalue weighted by atomic mass is 19.1. The molecule has 1 fully saturated rings. The molecule has 9 heteroatoms. The number of alkyl halides is 1. The fourth-order valence-corrected chi connectivity index (χ4v) is 3.33. The van der Waals surface area contributed by atoms with E-state index in [0.717, 1.165) is 6.07 Å². The van der Waals surface area contributed by atoms with Gasteiger partial charge in [-0.25, -0.2) is 18.6 Å². The maximum absolute atomic E-state index is 14.7. The third kappa shape index (κ3) is 3.27. The maximum Gasteiger partial charge on any atom is 0.341 e. The Morgan fingerprint density at radius 1 is 1.41 bits per heavy atom. The molecule has 0 radical (unpaired) electrons. The van der Waals surface area contributed by atoms with Crippen LogP contribution in [0.4, 0.5) is 14.6 Å². The number of anilines is 1. The van der Waals surface area contributed by atoms with E-state index in [2.05, 4.69) is 4.98 Å². The van der Waals surface area contributed by atoms with Gasteiger partial charge in [0.05, 0.1) is 11.9 Å². The molecular weight excluding hydrogens is 358 g/mol. The lowest BCUT2D eigenvalue weighted by molar-refractivity contribution is 0.0694. The number of aromatic carboxylic acids is 1. The average molecular weight is 380 g/mol. The minimum atomic E-state index is -1.39. The van der Waals surface area contributed by atoms with Gasteiger partial charge in [0.25, 0.3) is 0 Å². The Balaban J connectivity index is 2.26. The van der Waals surface area contributed by atoms with Gasteiger partial charge in [-0.3, -0.25) is 4.79 Å². The summed E-state index contributed by atoms with van der Waals surface area (Å²) < 4.78 is 30.3. The molecule has 3 rings (SSSR count). The molecule has 0 bridgehead atoms. The number of carbonyl (C=O) groups is 1. The molecule has 0 amide bonds. The van der Waals surface area contributed by atoms with E-state index in [4.69, 9.17) is 5.73 Å². The van der Waals surface area contributed by atoms with Crippen LogP contribution in [0.1, 0.15) is 31.1 Å². The van der Waals surface area contributed by atoms with Crippen LogP contribution in [0.25, 0.3) is 11.0 Å². The fraction of sp³-hybridized carbons (Fsp3) is 0.500. The Labute approximate surface area is 154 Å². The van der Waals surface area contributed by atoms with Crippen LogP contribution in [-0.2, 0) is 5.54 Å². The van der Waals surface area contributed by atoms with Crippen LogP contribution in [0.3, 0.4) is 0 Å². The van der Waals surface area contributed by atoms with Crippen molar-refractivity contribution in [1.29, 1.82) is 0 Å². The predicted octanol–water partition coefficient (Wildman–Crippen LogP) is 1.72. The summed E-state index contributed by atoms with van der Waals surface area (Å²) in [6, 6.07) is 0.984. The van der Waals surface area contributed by atoms with Gasteiger partial charge >= 0.3 is 5.97 Å². The van der Waals surface area contributed by atoms with Crippen LogP contribution in [0.2, 0.25) is 0 Å². The van der Waals surface area contributed by atoms with Crippen molar-refractivity contribution in [3.63, 3.8) is 0 Å². The zero-order valence-electron chi connectivity index (χ0n) is 15.4. The Morgan fingerprint density at radius 3 is 2.59 bits per heavy atom. The van der Waals surface area contributed by atoms with E-state index in [1.165, 1.54) is 15.7 Å². The third-order valence-corrected chi connectivity index (χ3v) is 4.83. The molecule has 7 nitrogen and oxygen atoms in total. The smallest absolute Gasteiger partial charge is 0.341 e. The summed E-state index contributed by atoms with van der Waals surface area (Å²) in [5.74, 6) is -2.68. The van der Waals surface area contributed by atoms with Gasteiger partial charge in [-0.1, -0.05) is 0 Å². The molecule has 0 saturated carbocycles. The maximum atomic E-state index is 14.7. The van der Waals surface area contributed by atoms with Crippen molar-refractivity contribution in [2.45, 2.75) is 32.5 Å². The third-order valence-electron chi connectivity index (χ3n) is 4.83. The van der Waals surface area contributed by atoms with E-state index in [9.17, 15) is 23.5 Å². The Hall–Kier alpha value is -2.55. The van der Waals surface area contributed by atoms with Gasteiger partial charge in [0.2, 0.25) is 5.43 Å². The SMILES string of the molecule is CC(C)(C)n1cc(C(=O)O)c(=O)c2cc(F)c(N3C[C@@H](CN)[C@@H](F)C3)nc21. The molecule has 3 N–H and O–H groups in total. The second kappa shape index (κ2) is 6.56. The van der Waals surface area contributed by atoms with Crippen molar-refractivity contribution < 1.29 is 18.7 Å². The molecule has 0 spiro atoms. The molecule has 2 aromatic rings. The molecule has 1 saturated heterocycles. The van der Waals surface area contributed by atoms with Crippen LogP contribution in [0, 0.1) is 11.7 Å². The number of nitrogens with zero attached hydrogens (tertiary/aromatic N) is 3. The number of fused-ring (bicyclic) bond motifs is 1. The average Bonchev–Trinajstić information content (AvgIpc) is 2.94. The normalized spacial score (nSPS) is 20.4. The van der Waals surface area contributed by atoms with Crippen LogP contribution < -0.4 is 16.1 Å². The number of pyridine rings is 2. The van der Waals surface area contributed by atoms with E-state index in [0.29, 0.717) is 0 Å². The number of carboxylic acids is 1. The molecule has 0 aromatic carbocycles. The van der Waals surface area contributed by atoms with E-state index in [-0.39, 0.29) is 36.5 Å². The van der Waals surface area contributed by atoms with E-state index in [1.807, 2.05) is 20.8 Å². The summed E-state index contributed by atoms with van der Waals surface area (Å²) in [5.41, 5.74) is 3.83. The number of carboxylic acid groups (broad SMARTS) is 1. The number of rotatable bonds is 3. The minimum absolute atomic E-state index is 0.0374. The first-order valence-corrected chi connectivity index (χ1v) is 8.63. The summed E-state index contributed by atoms with van der Waals surface area (Å²) in [5, 5.41) is 9.18. The van der Waals surface area contributed by atoms with E-state index < -0.39 is 40.4 Å². The fourth-order valence-electron chi connectivity index (χ4n) is 3.33. The first kappa shape index (κ1) is 19.2. The Bertz CT molecular complexity index is 968. The van der Waals surface area contributed by atoms with Crippen molar-refractivity contribution in [2.75, 3.05) is 24.5 Å². The molecular formula is C18H22F2N4O3. The number of halogens is 2. The molecule has 3 heterocycles. The number of aromatic nitrogens is 2. The zero-order valence-corrected chi connectivity index (χ0v) is 15.4. The highest BCUT2D eigenvalue weighted by Gasteiger charge is 2.34. The van der Waals surface area contributed by atoms with Gasteiger partial charge in [0.1, 0.15) is 17.4 Å². The molecule has 1 aliphatic heterocycles. The molecule has 2 aromatic heterocycles. The lowest BCUT2D eigenvalue weighted by Crippen LogP contribution is -2.30. The Morgan fingerprint density at radius 2 is 2.07 bits per heavy atom. The first-order valence-electron chi connectivity index (χ1n) is 8.63. The van der Waals surface area contributed by atoms with Gasteiger partial charge < -0.3 is 20.3 Å². The predicted molar refractivity (Wildman–Crippen MR) is 97.6 cm³/mol. The van der Waals surface area contributed by atoms with Crippen LogP contribution in [0.5, 0.6) is 0 Å². The summed E-state index contributed by atoms with van der Waals surface area (Å²) in [6.45, 7) is 5.76. The first-order chi connectivity index (χ1) is 12.5.